The Balaban J connectivity index is 2.09. The molecule has 98 valence electrons. The highest BCUT2D eigenvalue weighted by molar-refractivity contribution is 9.10. The molecule has 0 bridgehead atoms. The van der Waals surface area contributed by atoms with Crippen LogP contribution in [-0.4, -0.2) is 25.1 Å². The number of ether oxygens (including phenoxy) is 2. The van der Waals surface area contributed by atoms with Crippen LogP contribution in [0, 0.1) is 0 Å². The number of rotatable bonds is 4. The van der Waals surface area contributed by atoms with Crippen molar-refractivity contribution in [2.24, 2.45) is 0 Å². The number of hydrogen-bond donors (Lipinski definition) is 0. The molecule has 0 aromatic heterocycles. The first-order chi connectivity index (χ1) is 8.60. The zero-order valence-corrected chi connectivity index (χ0v) is 12.2. The zero-order valence-electron chi connectivity index (χ0n) is 10.6. The average Bonchev–Trinajstić information content (AvgIpc) is 2.76. The van der Waals surface area contributed by atoms with Gasteiger partial charge in [0.25, 0.3) is 0 Å². The fourth-order valence-corrected chi connectivity index (χ4v) is 2.63. The summed E-state index contributed by atoms with van der Waals surface area (Å²) < 4.78 is 11.8. The topological polar surface area (TPSA) is 35.5 Å². The van der Waals surface area contributed by atoms with Crippen LogP contribution in [0.4, 0.5) is 0 Å². The van der Waals surface area contributed by atoms with Gasteiger partial charge in [-0.2, -0.15) is 0 Å². The Labute approximate surface area is 116 Å². The second-order valence-corrected chi connectivity index (χ2v) is 5.53. The number of benzene rings is 1. The molecule has 1 heterocycles. The van der Waals surface area contributed by atoms with E-state index in [4.69, 9.17) is 9.47 Å². The second-order valence-electron chi connectivity index (χ2n) is 4.61. The van der Waals surface area contributed by atoms with Gasteiger partial charge in [0.2, 0.25) is 0 Å². The van der Waals surface area contributed by atoms with Crippen LogP contribution in [0.3, 0.4) is 0 Å². The van der Waals surface area contributed by atoms with E-state index in [1.807, 2.05) is 25.1 Å². The lowest BCUT2D eigenvalue weighted by molar-refractivity contribution is -0.128. The largest absolute Gasteiger partial charge is 0.496 e. The molecule has 18 heavy (non-hydrogen) atoms. The van der Waals surface area contributed by atoms with Crippen molar-refractivity contribution in [2.75, 3.05) is 7.11 Å². The molecule has 1 aromatic rings. The van der Waals surface area contributed by atoms with Gasteiger partial charge in [-0.25, -0.2) is 0 Å². The van der Waals surface area contributed by atoms with Crippen molar-refractivity contribution >= 4 is 21.7 Å². The van der Waals surface area contributed by atoms with Gasteiger partial charge in [-0.3, -0.25) is 4.79 Å². The molecule has 0 aliphatic carbocycles. The van der Waals surface area contributed by atoms with Crippen molar-refractivity contribution < 1.29 is 14.3 Å². The van der Waals surface area contributed by atoms with Gasteiger partial charge in [-0.1, -0.05) is 15.9 Å². The molecular formula is C14H17BrO3. The first-order valence-corrected chi connectivity index (χ1v) is 6.90. The van der Waals surface area contributed by atoms with E-state index in [0.29, 0.717) is 6.42 Å². The van der Waals surface area contributed by atoms with E-state index in [9.17, 15) is 4.79 Å². The van der Waals surface area contributed by atoms with Crippen LogP contribution in [-0.2, 0) is 16.0 Å². The van der Waals surface area contributed by atoms with Crippen molar-refractivity contribution in [1.29, 1.82) is 0 Å². The van der Waals surface area contributed by atoms with E-state index in [-0.39, 0.29) is 18.0 Å². The monoisotopic (exact) mass is 312 g/mol. The molecule has 0 radical (unpaired) electrons. The van der Waals surface area contributed by atoms with Crippen LogP contribution in [0.1, 0.15) is 25.3 Å². The summed E-state index contributed by atoms with van der Waals surface area (Å²) in [6.45, 7) is 2.01. The van der Waals surface area contributed by atoms with Crippen LogP contribution < -0.4 is 4.74 Å². The maximum Gasteiger partial charge on any atom is 0.166 e. The van der Waals surface area contributed by atoms with Crippen molar-refractivity contribution in [3.05, 3.63) is 28.2 Å². The highest BCUT2D eigenvalue weighted by Gasteiger charge is 2.28. The molecule has 1 aromatic carbocycles. The van der Waals surface area contributed by atoms with Gasteiger partial charge in [0, 0.05) is 16.5 Å². The Morgan fingerprint density at radius 2 is 2.28 bits per heavy atom. The van der Waals surface area contributed by atoms with Crippen LogP contribution in [0.25, 0.3) is 0 Å². The van der Waals surface area contributed by atoms with Crippen molar-refractivity contribution in [1.82, 2.24) is 0 Å². The zero-order chi connectivity index (χ0) is 13.1. The first-order valence-electron chi connectivity index (χ1n) is 6.10. The minimum atomic E-state index is -0.247. The molecule has 0 amide bonds. The van der Waals surface area contributed by atoms with Crippen molar-refractivity contribution in [2.45, 2.75) is 38.4 Å². The van der Waals surface area contributed by atoms with Crippen LogP contribution >= 0.6 is 15.9 Å². The Hall–Kier alpha value is -0.870. The third kappa shape index (κ3) is 3.12. The lowest BCUT2D eigenvalue weighted by Crippen LogP contribution is -2.22. The van der Waals surface area contributed by atoms with Gasteiger partial charge in [0.15, 0.2) is 5.78 Å². The fourth-order valence-electron chi connectivity index (χ4n) is 2.23. The third-order valence-corrected chi connectivity index (χ3v) is 3.69. The van der Waals surface area contributed by atoms with Gasteiger partial charge < -0.3 is 9.47 Å². The highest BCUT2D eigenvalue weighted by atomic mass is 79.9. The van der Waals surface area contributed by atoms with E-state index in [1.165, 1.54) is 0 Å². The summed E-state index contributed by atoms with van der Waals surface area (Å²) in [6, 6.07) is 5.70. The van der Waals surface area contributed by atoms with Crippen molar-refractivity contribution in [3.8, 4) is 5.75 Å². The molecule has 1 saturated heterocycles. The molecular weight excluding hydrogens is 296 g/mol. The summed E-state index contributed by atoms with van der Waals surface area (Å²) in [4.78, 5) is 12.1. The number of hydrogen-bond acceptors (Lipinski definition) is 3. The Morgan fingerprint density at radius 1 is 1.50 bits per heavy atom. The van der Waals surface area contributed by atoms with Crippen molar-refractivity contribution in [3.63, 3.8) is 0 Å². The van der Waals surface area contributed by atoms with E-state index in [2.05, 4.69) is 15.9 Å². The van der Waals surface area contributed by atoms with Gasteiger partial charge in [0.1, 0.15) is 11.9 Å². The standard InChI is InChI=1S/C14H17BrO3/c1-9-3-5-14(18-9)12(16)8-10-7-11(15)4-6-13(10)17-2/h4,6-7,9,14H,3,5,8H2,1-2H3. The Kier molecular flexibility index (Phi) is 4.40. The maximum atomic E-state index is 12.1. The smallest absolute Gasteiger partial charge is 0.166 e. The minimum Gasteiger partial charge on any atom is -0.496 e. The molecule has 1 aliphatic heterocycles. The fraction of sp³-hybridized carbons (Fsp3) is 0.500. The van der Waals surface area contributed by atoms with E-state index < -0.39 is 0 Å². The molecule has 2 atom stereocenters. The Morgan fingerprint density at radius 3 is 2.89 bits per heavy atom. The molecule has 0 spiro atoms. The van der Waals surface area contributed by atoms with Crippen LogP contribution in [0.2, 0.25) is 0 Å². The molecule has 1 aliphatic rings. The third-order valence-electron chi connectivity index (χ3n) is 3.20. The number of Topliss-reactive ketones (excluding diaryl/α,β-unsaturated/α-hetero) is 1. The summed E-state index contributed by atoms with van der Waals surface area (Å²) in [6.07, 6.45) is 2.11. The number of methoxy groups -OCH3 is 1. The second kappa shape index (κ2) is 5.85. The van der Waals surface area contributed by atoms with Gasteiger partial charge in [-0.15, -0.1) is 0 Å². The quantitative estimate of drug-likeness (QED) is 0.857. The van der Waals surface area contributed by atoms with Crippen LogP contribution in [0.5, 0.6) is 5.75 Å². The lowest BCUT2D eigenvalue weighted by atomic mass is 10.0. The number of carbonyl (C=O) groups is 1. The van der Waals surface area contributed by atoms with E-state index in [1.54, 1.807) is 7.11 Å². The first kappa shape index (κ1) is 13.6. The Bertz CT molecular complexity index is 445. The lowest BCUT2D eigenvalue weighted by Gasteiger charge is -2.12. The predicted molar refractivity (Wildman–Crippen MR) is 73.0 cm³/mol. The summed E-state index contributed by atoms with van der Waals surface area (Å²) >= 11 is 3.41. The number of carbonyl (C=O) groups excluding carboxylic acids is 1. The average molecular weight is 313 g/mol. The SMILES string of the molecule is COc1ccc(Br)cc1CC(=O)C1CCC(C)O1. The minimum absolute atomic E-state index is 0.135. The van der Waals surface area contributed by atoms with E-state index in [0.717, 1.165) is 28.6 Å². The molecule has 2 unspecified atom stereocenters. The molecule has 1 fully saturated rings. The molecule has 0 N–H and O–H groups in total. The molecule has 4 heteroatoms. The highest BCUT2D eigenvalue weighted by Crippen LogP contribution is 2.26. The molecule has 0 saturated carbocycles. The summed E-state index contributed by atoms with van der Waals surface area (Å²) in [7, 11) is 1.62. The van der Waals surface area contributed by atoms with E-state index >= 15 is 0 Å². The normalized spacial score (nSPS) is 23.1. The predicted octanol–water partition coefficient (Wildman–Crippen LogP) is 3.14. The van der Waals surface area contributed by atoms with Gasteiger partial charge in [0.05, 0.1) is 13.2 Å². The van der Waals surface area contributed by atoms with Gasteiger partial charge >= 0.3 is 0 Å². The summed E-state index contributed by atoms with van der Waals surface area (Å²) in [5, 5.41) is 0. The molecule has 2 rings (SSSR count). The summed E-state index contributed by atoms with van der Waals surface area (Å²) in [5.41, 5.74) is 0.903. The van der Waals surface area contributed by atoms with Gasteiger partial charge in [-0.05, 0) is 38.0 Å². The number of ketones is 1. The van der Waals surface area contributed by atoms with Crippen LogP contribution in [0.15, 0.2) is 22.7 Å². The summed E-state index contributed by atoms with van der Waals surface area (Å²) in [5.74, 6) is 0.883. The maximum absolute atomic E-state index is 12.1. The number of halogens is 1. The molecule has 3 nitrogen and oxygen atoms in total.